The zero-order chi connectivity index (χ0) is 15.1. The Morgan fingerprint density at radius 3 is 2.81 bits per heavy atom. The molecular weight excluding hydrogens is 284 g/mol. The van der Waals surface area contributed by atoms with Gasteiger partial charge in [0.05, 0.1) is 30.3 Å². The van der Waals surface area contributed by atoms with Crippen LogP contribution in [0.4, 0.5) is 0 Å². The molecule has 0 saturated carbocycles. The maximum atomic E-state index is 12.7. The number of carbonyl (C=O) groups excluding carboxylic acids is 1. The number of nitrogens with zero attached hydrogens (tertiary/aromatic N) is 2. The summed E-state index contributed by atoms with van der Waals surface area (Å²) < 4.78 is 5.08. The largest absolute Gasteiger partial charge is 0.383 e. The van der Waals surface area contributed by atoms with Crippen molar-refractivity contribution < 1.29 is 9.53 Å². The molecule has 0 aliphatic heterocycles. The van der Waals surface area contributed by atoms with E-state index in [4.69, 9.17) is 10.00 Å². The fourth-order valence-corrected chi connectivity index (χ4v) is 2.70. The minimum Gasteiger partial charge on any atom is -0.383 e. The minimum atomic E-state index is -0.141. The van der Waals surface area contributed by atoms with E-state index in [-0.39, 0.29) is 5.91 Å². The molecule has 5 heteroatoms. The van der Waals surface area contributed by atoms with Crippen molar-refractivity contribution in [2.24, 2.45) is 0 Å². The van der Waals surface area contributed by atoms with E-state index in [2.05, 4.69) is 6.07 Å². The normalized spacial score (nSPS) is 10.1. The molecule has 1 amide bonds. The summed E-state index contributed by atoms with van der Waals surface area (Å²) in [6, 6.07) is 12.9. The smallest absolute Gasteiger partial charge is 0.255 e. The van der Waals surface area contributed by atoms with Crippen molar-refractivity contribution in [2.45, 2.75) is 6.54 Å². The van der Waals surface area contributed by atoms with Gasteiger partial charge >= 0.3 is 0 Å². The number of nitriles is 1. The van der Waals surface area contributed by atoms with Crippen molar-refractivity contribution >= 4 is 17.2 Å². The van der Waals surface area contributed by atoms with Crippen LogP contribution in [-0.4, -0.2) is 31.1 Å². The molecule has 1 aromatic heterocycles. The van der Waals surface area contributed by atoms with Crippen LogP contribution in [0.5, 0.6) is 0 Å². The molecular formula is C16H16N2O2S. The van der Waals surface area contributed by atoms with Gasteiger partial charge in [-0.05, 0) is 23.6 Å². The molecule has 0 unspecified atom stereocenters. The Morgan fingerprint density at radius 2 is 2.14 bits per heavy atom. The van der Waals surface area contributed by atoms with E-state index in [0.717, 1.165) is 4.88 Å². The van der Waals surface area contributed by atoms with E-state index < -0.39 is 0 Å². The second kappa shape index (κ2) is 7.58. The predicted molar refractivity (Wildman–Crippen MR) is 82.1 cm³/mol. The molecule has 21 heavy (non-hydrogen) atoms. The van der Waals surface area contributed by atoms with Gasteiger partial charge in [-0.3, -0.25) is 4.79 Å². The first kappa shape index (κ1) is 15.2. The molecule has 2 rings (SSSR count). The molecule has 0 bridgehead atoms. The number of hydrogen-bond acceptors (Lipinski definition) is 4. The number of rotatable bonds is 6. The number of benzene rings is 1. The molecule has 0 radical (unpaired) electrons. The third-order valence-corrected chi connectivity index (χ3v) is 3.92. The maximum Gasteiger partial charge on any atom is 0.255 e. The third-order valence-electron chi connectivity index (χ3n) is 3.06. The lowest BCUT2D eigenvalue weighted by Gasteiger charge is -2.22. The van der Waals surface area contributed by atoms with E-state index in [9.17, 15) is 4.79 Å². The Morgan fingerprint density at radius 1 is 1.33 bits per heavy atom. The van der Waals surface area contributed by atoms with Crippen LogP contribution in [-0.2, 0) is 11.3 Å². The van der Waals surface area contributed by atoms with Crippen molar-refractivity contribution in [2.75, 3.05) is 20.3 Å². The Balaban J connectivity index is 2.23. The van der Waals surface area contributed by atoms with Gasteiger partial charge in [-0.2, -0.15) is 5.26 Å². The molecule has 0 aliphatic rings. The molecule has 1 aromatic carbocycles. The van der Waals surface area contributed by atoms with Gasteiger partial charge in [0, 0.05) is 18.5 Å². The van der Waals surface area contributed by atoms with E-state index in [1.54, 1.807) is 47.6 Å². The van der Waals surface area contributed by atoms with E-state index in [1.807, 2.05) is 17.5 Å². The van der Waals surface area contributed by atoms with Gasteiger partial charge in [-0.25, -0.2) is 0 Å². The number of carbonyl (C=O) groups is 1. The van der Waals surface area contributed by atoms with Crippen molar-refractivity contribution in [3.63, 3.8) is 0 Å². The van der Waals surface area contributed by atoms with Crippen LogP contribution < -0.4 is 0 Å². The fraction of sp³-hybridized carbons (Fsp3) is 0.250. The first-order valence-corrected chi connectivity index (χ1v) is 7.44. The van der Waals surface area contributed by atoms with Crippen molar-refractivity contribution in [1.29, 1.82) is 5.26 Å². The molecule has 4 nitrogen and oxygen atoms in total. The van der Waals surface area contributed by atoms with Gasteiger partial charge < -0.3 is 9.64 Å². The van der Waals surface area contributed by atoms with E-state index in [0.29, 0.717) is 30.8 Å². The van der Waals surface area contributed by atoms with Crippen LogP contribution >= 0.6 is 11.3 Å². The first-order valence-electron chi connectivity index (χ1n) is 6.56. The average Bonchev–Trinajstić information content (AvgIpc) is 3.03. The lowest BCUT2D eigenvalue weighted by molar-refractivity contribution is 0.0682. The van der Waals surface area contributed by atoms with Crippen LogP contribution in [0.15, 0.2) is 41.8 Å². The van der Waals surface area contributed by atoms with Crippen LogP contribution in [0.2, 0.25) is 0 Å². The predicted octanol–water partition coefficient (Wildman–Crippen LogP) is 2.91. The summed E-state index contributed by atoms with van der Waals surface area (Å²) in [5, 5.41) is 11.1. The second-order valence-corrected chi connectivity index (χ2v) is 5.49. The summed E-state index contributed by atoms with van der Waals surface area (Å²) in [6.07, 6.45) is 0. The molecule has 0 fully saturated rings. The fourth-order valence-electron chi connectivity index (χ4n) is 1.98. The summed E-state index contributed by atoms with van der Waals surface area (Å²) >= 11 is 1.61. The number of hydrogen-bond donors (Lipinski definition) is 0. The topological polar surface area (TPSA) is 53.3 Å². The monoisotopic (exact) mass is 300 g/mol. The minimum absolute atomic E-state index is 0.141. The summed E-state index contributed by atoms with van der Waals surface area (Å²) in [4.78, 5) is 15.5. The molecule has 0 aliphatic carbocycles. The van der Waals surface area contributed by atoms with Crippen LogP contribution in [0.25, 0.3) is 0 Å². The van der Waals surface area contributed by atoms with E-state index in [1.165, 1.54) is 0 Å². The number of methoxy groups -OCH3 is 1. The third kappa shape index (κ3) is 3.91. The summed E-state index contributed by atoms with van der Waals surface area (Å²) in [7, 11) is 1.61. The summed E-state index contributed by atoms with van der Waals surface area (Å²) in [5.74, 6) is -0.141. The molecule has 0 N–H and O–H groups in total. The number of amides is 1. The Bertz CT molecular complexity index is 632. The highest BCUT2D eigenvalue weighted by molar-refractivity contribution is 7.09. The van der Waals surface area contributed by atoms with Gasteiger partial charge in [0.2, 0.25) is 0 Å². The number of thiophene rings is 1. The van der Waals surface area contributed by atoms with Crippen molar-refractivity contribution in [1.82, 2.24) is 4.90 Å². The van der Waals surface area contributed by atoms with Gasteiger partial charge in [-0.15, -0.1) is 11.3 Å². The summed E-state index contributed by atoms with van der Waals surface area (Å²) in [6.45, 7) is 1.48. The Hall–Kier alpha value is -2.16. The van der Waals surface area contributed by atoms with Crippen LogP contribution in [0.3, 0.4) is 0 Å². The van der Waals surface area contributed by atoms with Gasteiger partial charge in [-0.1, -0.05) is 18.2 Å². The van der Waals surface area contributed by atoms with Crippen LogP contribution in [0, 0.1) is 11.3 Å². The summed E-state index contributed by atoms with van der Waals surface area (Å²) in [5.41, 5.74) is 0.837. The van der Waals surface area contributed by atoms with Gasteiger partial charge in [0.25, 0.3) is 5.91 Å². The molecule has 1 heterocycles. The first-order chi connectivity index (χ1) is 10.3. The van der Waals surface area contributed by atoms with Gasteiger partial charge in [0.1, 0.15) is 0 Å². The van der Waals surface area contributed by atoms with Gasteiger partial charge in [0.15, 0.2) is 0 Å². The number of ether oxygens (including phenoxy) is 1. The van der Waals surface area contributed by atoms with E-state index >= 15 is 0 Å². The zero-order valence-electron chi connectivity index (χ0n) is 11.8. The molecule has 0 spiro atoms. The quantitative estimate of drug-likeness (QED) is 0.824. The van der Waals surface area contributed by atoms with Crippen molar-refractivity contribution in [3.8, 4) is 6.07 Å². The zero-order valence-corrected chi connectivity index (χ0v) is 12.6. The average molecular weight is 300 g/mol. The van der Waals surface area contributed by atoms with Crippen molar-refractivity contribution in [3.05, 3.63) is 57.8 Å². The Labute approximate surface area is 128 Å². The van der Waals surface area contributed by atoms with Crippen LogP contribution in [0.1, 0.15) is 20.8 Å². The standard InChI is InChI=1S/C16H16N2O2S/c1-20-9-8-18(12-14-6-4-10-21-14)16(19)15-7-3-2-5-13(15)11-17/h2-7,10H,8-9,12H2,1H3. The lowest BCUT2D eigenvalue weighted by Crippen LogP contribution is -2.33. The molecule has 0 atom stereocenters. The molecule has 2 aromatic rings. The highest BCUT2D eigenvalue weighted by Crippen LogP contribution is 2.16. The molecule has 0 saturated heterocycles. The second-order valence-electron chi connectivity index (χ2n) is 4.46. The molecule has 108 valence electrons. The maximum absolute atomic E-state index is 12.7. The highest BCUT2D eigenvalue weighted by atomic mass is 32.1. The lowest BCUT2D eigenvalue weighted by atomic mass is 10.1. The Kier molecular flexibility index (Phi) is 5.50. The highest BCUT2D eigenvalue weighted by Gasteiger charge is 2.19. The SMILES string of the molecule is COCCN(Cc1cccs1)C(=O)c1ccccc1C#N.